The maximum absolute atomic E-state index is 5.69. The molecular formula is C16H15N3O2. The number of aryl methyl sites for hydroxylation is 1. The fourth-order valence-corrected chi connectivity index (χ4v) is 1.96. The molecular weight excluding hydrogens is 266 g/mol. The van der Waals surface area contributed by atoms with E-state index in [-0.39, 0.29) is 6.61 Å². The minimum Gasteiger partial charge on any atom is -0.484 e. The van der Waals surface area contributed by atoms with E-state index in [1.54, 1.807) is 12.1 Å². The first kappa shape index (κ1) is 13.2. The molecule has 5 heteroatoms. The third-order valence-corrected chi connectivity index (χ3v) is 2.96. The molecule has 0 fully saturated rings. The topological polar surface area (TPSA) is 74.2 Å². The van der Waals surface area contributed by atoms with Gasteiger partial charge in [0.05, 0.1) is 0 Å². The Bertz CT molecular complexity index is 753. The number of nitrogens with zero attached hydrogens (tertiary/aromatic N) is 2. The van der Waals surface area contributed by atoms with Crippen LogP contribution in [0.25, 0.3) is 11.4 Å². The Morgan fingerprint density at radius 2 is 2.00 bits per heavy atom. The van der Waals surface area contributed by atoms with Crippen molar-refractivity contribution in [3.8, 4) is 17.1 Å². The van der Waals surface area contributed by atoms with Gasteiger partial charge in [0.15, 0.2) is 6.61 Å². The fourth-order valence-electron chi connectivity index (χ4n) is 1.96. The Labute approximate surface area is 122 Å². The third-order valence-electron chi connectivity index (χ3n) is 2.96. The van der Waals surface area contributed by atoms with Crippen LogP contribution in [0.4, 0.5) is 5.69 Å². The second-order valence-electron chi connectivity index (χ2n) is 4.74. The molecule has 21 heavy (non-hydrogen) atoms. The number of rotatable bonds is 4. The molecule has 0 atom stereocenters. The van der Waals surface area contributed by atoms with Gasteiger partial charge < -0.3 is 15.0 Å². The highest BCUT2D eigenvalue weighted by molar-refractivity contribution is 5.55. The zero-order chi connectivity index (χ0) is 14.7. The molecule has 0 saturated heterocycles. The lowest BCUT2D eigenvalue weighted by Crippen LogP contribution is -1.96. The third kappa shape index (κ3) is 3.20. The molecule has 0 unspecified atom stereocenters. The van der Waals surface area contributed by atoms with Gasteiger partial charge in [0, 0.05) is 17.3 Å². The normalized spacial score (nSPS) is 10.5. The Morgan fingerprint density at radius 1 is 1.14 bits per heavy atom. The predicted octanol–water partition coefficient (Wildman–Crippen LogP) is 3.21. The van der Waals surface area contributed by atoms with Crippen LogP contribution >= 0.6 is 0 Å². The predicted molar refractivity (Wildman–Crippen MR) is 79.7 cm³/mol. The van der Waals surface area contributed by atoms with Gasteiger partial charge in [-0.05, 0) is 25.1 Å². The standard InChI is InChI=1S/C16H15N3O2/c1-11-4-2-5-12(8-11)16-18-15(21-19-16)10-20-14-7-3-6-13(17)9-14/h2-9H,10,17H2,1H3. The molecule has 1 aromatic heterocycles. The summed E-state index contributed by atoms with van der Waals surface area (Å²) >= 11 is 0. The summed E-state index contributed by atoms with van der Waals surface area (Å²) in [7, 11) is 0. The number of hydrogen-bond acceptors (Lipinski definition) is 5. The highest BCUT2D eigenvalue weighted by atomic mass is 16.5. The minimum atomic E-state index is 0.211. The van der Waals surface area contributed by atoms with Crippen LogP contribution in [0, 0.1) is 6.92 Å². The Hall–Kier alpha value is -2.82. The Kier molecular flexibility index (Phi) is 3.55. The zero-order valence-electron chi connectivity index (χ0n) is 11.6. The first-order valence-corrected chi connectivity index (χ1v) is 6.59. The van der Waals surface area contributed by atoms with E-state index in [1.165, 1.54) is 0 Å². The SMILES string of the molecule is Cc1cccc(-c2noc(COc3cccc(N)c3)n2)c1. The Morgan fingerprint density at radius 3 is 2.81 bits per heavy atom. The van der Waals surface area contributed by atoms with Gasteiger partial charge in [0.1, 0.15) is 5.75 Å². The van der Waals surface area contributed by atoms with E-state index in [4.69, 9.17) is 15.0 Å². The maximum Gasteiger partial charge on any atom is 0.264 e. The average Bonchev–Trinajstić information content (AvgIpc) is 2.94. The van der Waals surface area contributed by atoms with Crippen molar-refractivity contribution < 1.29 is 9.26 Å². The molecule has 0 spiro atoms. The van der Waals surface area contributed by atoms with Crippen LogP contribution in [-0.2, 0) is 6.61 Å². The van der Waals surface area contributed by atoms with Crippen molar-refractivity contribution >= 4 is 5.69 Å². The van der Waals surface area contributed by atoms with Crippen molar-refractivity contribution in [1.29, 1.82) is 0 Å². The van der Waals surface area contributed by atoms with E-state index in [2.05, 4.69) is 10.1 Å². The van der Waals surface area contributed by atoms with Crippen LogP contribution in [0.15, 0.2) is 53.1 Å². The van der Waals surface area contributed by atoms with E-state index in [0.717, 1.165) is 11.1 Å². The van der Waals surface area contributed by atoms with Crippen molar-refractivity contribution in [2.24, 2.45) is 0 Å². The second kappa shape index (κ2) is 5.66. The molecule has 2 N–H and O–H groups in total. The van der Waals surface area contributed by atoms with Crippen LogP contribution in [-0.4, -0.2) is 10.1 Å². The van der Waals surface area contributed by atoms with Crippen molar-refractivity contribution in [2.75, 3.05) is 5.73 Å². The van der Waals surface area contributed by atoms with Gasteiger partial charge in [-0.2, -0.15) is 4.98 Å². The van der Waals surface area contributed by atoms with Gasteiger partial charge in [-0.1, -0.05) is 35.0 Å². The molecule has 0 radical (unpaired) electrons. The van der Waals surface area contributed by atoms with Gasteiger partial charge in [-0.15, -0.1) is 0 Å². The average molecular weight is 281 g/mol. The number of hydrogen-bond donors (Lipinski definition) is 1. The molecule has 2 aromatic carbocycles. The molecule has 0 amide bonds. The van der Waals surface area contributed by atoms with Gasteiger partial charge >= 0.3 is 0 Å². The number of ether oxygens (including phenoxy) is 1. The first-order chi connectivity index (χ1) is 10.2. The van der Waals surface area contributed by atoms with E-state index in [9.17, 15) is 0 Å². The summed E-state index contributed by atoms with van der Waals surface area (Å²) in [6.07, 6.45) is 0. The lowest BCUT2D eigenvalue weighted by Gasteiger charge is -2.03. The molecule has 3 rings (SSSR count). The molecule has 0 aliphatic rings. The second-order valence-corrected chi connectivity index (χ2v) is 4.74. The summed E-state index contributed by atoms with van der Waals surface area (Å²) in [5.74, 6) is 1.66. The van der Waals surface area contributed by atoms with Gasteiger partial charge in [0.25, 0.3) is 5.89 Å². The van der Waals surface area contributed by atoms with Crippen LogP contribution in [0.1, 0.15) is 11.5 Å². The van der Waals surface area contributed by atoms with Gasteiger partial charge in [-0.3, -0.25) is 0 Å². The first-order valence-electron chi connectivity index (χ1n) is 6.59. The van der Waals surface area contributed by atoms with Gasteiger partial charge in [-0.25, -0.2) is 0 Å². The molecule has 0 aliphatic heterocycles. The number of anilines is 1. The monoisotopic (exact) mass is 281 g/mol. The lowest BCUT2D eigenvalue weighted by molar-refractivity contribution is 0.243. The maximum atomic E-state index is 5.69. The van der Waals surface area contributed by atoms with Crippen LogP contribution in [0.5, 0.6) is 5.75 Å². The van der Waals surface area contributed by atoms with Crippen molar-refractivity contribution in [2.45, 2.75) is 13.5 Å². The summed E-state index contributed by atoms with van der Waals surface area (Å²) in [6.45, 7) is 2.23. The van der Waals surface area contributed by atoms with Crippen LogP contribution < -0.4 is 10.5 Å². The molecule has 0 bridgehead atoms. The molecule has 5 nitrogen and oxygen atoms in total. The molecule has 0 saturated carbocycles. The molecule has 3 aromatic rings. The summed E-state index contributed by atoms with van der Waals surface area (Å²) in [4.78, 5) is 4.33. The number of nitrogen functional groups attached to an aromatic ring is 1. The molecule has 106 valence electrons. The van der Waals surface area contributed by atoms with Crippen LogP contribution in [0.3, 0.4) is 0 Å². The fraction of sp³-hybridized carbons (Fsp3) is 0.125. The highest BCUT2D eigenvalue weighted by Crippen LogP contribution is 2.19. The van der Waals surface area contributed by atoms with E-state index in [0.29, 0.717) is 23.2 Å². The molecule has 1 heterocycles. The quantitative estimate of drug-likeness (QED) is 0.743. The largest absolute Gasteiger partial charge is 0.484 e. The lowest BCUT2D eigenvalue weighted by atomic mass is 10.1. The number of nitrogens with two attached hydrogens (primary N) is 1. The smallest absolute Gasteiger partial charge is 0.264 e. The Balaban J connectivity index is 1.71. The summed E-state index contributed by atoms with van der Waals surface area (Å²) < 4.78 is 10.8. The van der Waals surface area contributed by atoms with Crippen LogP contribution in [0.2, 0.25) is 0 Å². The molecule has 0 aliphatic carbocycles. The van der Waals surface area contributed by atoms with E-state index in [1.807, 2.05) is 43.3 Å². The minimum absolute atomic E-state index is 0.211. The van der Waals surface area contributed by atoms with Crippen molar-refractivity contribution in [3.05, 3.63) is 60.0 Å². The number of aromatic nitrogens is 2. The van der Waals surface area contributed by atoms with E-state index >= 15 is 0 Å². The van der Waals surface area contributed by atoms with Gasteiger partial charge in [0.2, 0.25) is 5.82 Å². The van der Waals surface area contributed by atoms with Crippen molar-refractivity contribution in [1.82, 2.24) is 10.1 Å². The van der Waals surface area contributed by atoms with Crippen molar-refractivity contribution in [3.63, 3.8) is 0 Å². The summed E-state index contributed by atoms with van der Waals surface area (Å²) in [6, 6.07) is 15.1. The van der Waals surface area contributed by atoms with E-state index < -0.39 is 0 Å². The highest BCUT2D eigenvalue weighted by Gasteiger charge is 2.09. The summed E-state index contributed by atoms with van der Waals surface area (Å²) in [5.41, 5.74) is 8.41. The number of benzene rings is 2. The summed E-state index contributed by atoms with van der Waals surface area (Å²) in [5, 5.41) is 3.97. The zero-order valence-corrected chi connectivity index (χ0v) is 11.6.